The van der Waals surface area contributed by atoms with Crippen LogP contribution in [0.2, 0.25) is 0 Å². The maximum atomic E-state index is 11.7. The lowest BCUT2D eigenvalue weighted by atomic mass is 10.1. The van der Waals surface area contributed by atoms with Gasteiger partial charge >= 0.3 is 5.97 Å². The Morgan fingerprint density at radius 1 is 1.57 bits per heavy atom. The second-order valence-electron chi connectivity index (χ2n) is 4.87. The quantitative estimate of drug-likeness (QED) is 0.890. The molecule has 1 saturated heterocycles. The summed E-state index contributed by atoms with van der Waals surface area (Å²) < 4.78 is 5.15. The fraction of sp³-hybridized carbons (Fsp3) is 0.385. The second-order valence-corrected chi connectivity index (χ2v) is 5.91. The van der Waals surface area contributed by atoms with E-state index in [9.17, 15) is 9.59 Å². The molecule has 0 radical (unpaired) electrons. The third-order valence-electron chi connectivity index (χ3n) is 3.31. The SMILES string of the molecule is O=C(O)C1CC(=O)N(Cc2noc(Cc3cccs3)n2)C1. The number of carbonyl (C=O) groups is 2. The minimum Gasteiger partial charge on any atom is -0.481 e. The third kappa shape index (κ3) is 3.10. The van der Waals surface area contributed by atoms with Gasteiger partial charge in [0.05, 0.1) is 18.9 Å². The molecule has 1 unspecified atom stereocenters. The number of nitrogens with zero attached hydrogens (tertiary/aromatic N) is 3. The van der Waals surface area contributed by atoms with E-state index >= 15 is 0 Å². The Morgan fingerprint density at radius 3 is 3.10 bits per heavy atom. The summed E-state index contributed by atoms with van der Waals surface area (Å²) in [5, 5.41) is 14.8. The third-order valence-corrected chi connectivity index (χ3v) is 4.19. The molecule has 0 aromatic carbocycles. The first kappa shape index (κ1) is 13.7. The van der Waals surface area contributed by atoms with E-state index in [1.807, 2.05) is 17.5 Å². The zero-order chi connectivity index (χ0) is 14.8. The minimum absolute atomic E-state index is 0.0369. The molecule has 7 nitrogen and oxygen atoms in total. The van der Waals surface area contributed by atoms with Crippen LogP contribution in [0, 0.1) is 5.92 Å². The van der Waals surface area contributed by atoms with Crippen molar-refractivity contribution >= 4 is 23.2 Å². The van der Waals surface area contributed by atoms with Crippen molar-refractivity contribution < 1.29 is 19.2 Å². The minimum atomic E-state index is -0.947. The molecule has 3 rings (SSSR count). The Bertz CT molecular complexity index is 652. The smallest absolute Gasteiger partial charge is 0.308 e. The number of carbonyl (C=O) groups excluding carboxylic acids is 1. The predicted octanol–water partition coefficient (Wildman–Crippen LogP) is 1.16. The van der Waals surface area contributed by atoms with Crippen LogP contribution in [0.5, 0.6) is 0 Å². The number of amides is 1. The van der Waals surface area contributed by atoms with E-state index in [1.54, 1.807) is 11.3 Å². The molecule has 0 spiro atoms. The molecule has 110 valence electrons. The first-order valence-corrected chi connectivity index (χ1v) is 7.34. The van der Waals surface area contributed by atoms with Crippen LogP contribution in [0.4, 0.5) is 0 Å². The Balaban J connectivity index is 1.62. The van der Waals surface area contributed by atoms with Gasteiger partial charge in [0.25, 0.3) is 0 Å². The van der Waals surface area contributed by atoms with Crippen molar-refractivity contribution in [1.29, 1.82) is 0 Å². The van der Waals surface area contributed by atoms with Crippen LogP contribution < -0.4 is 0 Å². The van der Waals surface area contributed by atoms with E-state index < -0.39 is 11.9 Å². The number of likely N-dealkylation sites (tertiary alicyclic amines) is 1. The Labute approximate surface area is 124 Å². The Morgan fingerprint density at radius 2 is 2.43 bits per heavy atom. The summed E-state index contributed by atoms with van der Waals surface area (Å²) in [6, 6.07) is 3.93. The van der Waals surface area contributed by atoms with E-state index in [2.05, 4.69) is 10.1 Å². The predicted molar refractivity (Wildman–Crippen MR) is 72.6 cm³/mol. The van der Waals surface area contributed by atoms with E-state index in [-0.39, 0.29) is 25.4 Å². The Kier molecular flexibility index (Phi) is 3.70. The number of aromatic nitrogens is 2. The van der Waals surface area contributed by atoms with E-state index in [0.29, 0.717) is 18.1 Å². The largest absolute Gasteiger partial charge is 0.481 e. The number of aliphatic carboxylic acids is 1. The van der Waals surface area contributed by atoms with Gasteiger partial charge in [0.15, 0.2) is 5.82 Å². The highest BCUT2D eigenvalue weighted by Gasteiger charge is 2.34. The molecule has 8 heteroatoms. The highest BCUT2D eigenvalue weighted by atomic mass is 32.1. The van der Waals surface area contributed by atoms with E-state index in [1.165, 1.54) is 4.90 Å². The zero-order valence-electron chi connectivity index (χ0n) is 11.1. The van der Waals surface area contributed by atoms with Gasteiger partial charge in [-0.25, -0.2) is 0 Å². The molecule has 0 aliphatic carbocycles. The fourth-order valence-electron chi connectivity index (χ4n) is 2.25. The Hall–Kier alpha value is -2.22. The molecule has 1 aliphatic heterocycles. The molecule has 1 atom stereocenters. The monoisotopic (exact) mass is 307 g/mol. The van der Waals surface area contributed by atoms with Gasteiger partial charge in [-0.2, -0.15) is 4.98 Å². The number of rotatable bonds is 5. The summed E-state index contributed by atoms with van der Waals surface area (Å²) in [5.74, 6) is -0.880. The molecule has 3 heterocycles. The van der Waals surface area contributed by atoms with Gasteiger partial charge in [-0.05, 0) is 11.4 Å². The summed E-state index contributed by atoms with van der Waals surface area (Å²) in [5.41, 5.74) is 0. The molecule has 2 aromatic heterocycles. The van der Waals surface area contributed by atoms with Crippen molar-refractivity contribution in [2.24, 2.45) is 5.92 Å². The van der Waals surface area contributed by atoms with Crippen molar-refractivity contribution in [2.45, 2.75) is 19.4 Å². The first-order valence-electron chi connectivity index (χ1n) is 6.46. The van der Waals surface area contributed by atoms with Gasteiger partial charge in [-0.1, -0.05) is 11.2 Å². The molecule has 1 N–H and O–H groups in total. The molecule has 1 aliphatic rings. The highest BCUT2D eigenvalue weighted by molar-refractivity contribution is 7.09. The zero-order valence-corrected chi connectivity index (χ0v) is 11.9. The molecule has 1 fully saturated rings. The number of hydrogen-bond donors (Lipinski definition) is 1. The molecule has 21 heavy (non-hydrogen) atoms. The first-order chi connectivity index (χ1) is 10.1. The number of hydrogen-bond acceptors (Lipinski definition) is 6. The number of thiophene rings is 1. The van der Waals surface area contributed by atoms with E-state index in [4.69, 9.17) is 9.63 Å². The molecular weight excluding hydrogens is 294 g/mol. The van der Waals surface area contributed by atoms with Crippen molar-refractivity contribution in [3.63, 3.8) is 0 Å². The lowest BCUT2D eigenvalue weighted by Gasteiger charge is -2.12. The van der Waals surface area contributed by atoms with Crippen LogP contribution in [0.15, 0.2) is 22.0 Å². The fourth-order valence-corrected chi connectivity index (χ4v) is 2.95. The van der Waals surface area contributed by atoms with Gasteiger partial charge < -0.3 is 14.5 Å². The van der Waals surface area contributed by atoms with Gasteiger partial charge in [-0.15, -0.1) is 11.3 Å². The summed E-state index contributed by atoms with van der Waals surface area (Å²) in [6.07, 6.45) is 0.603. The lowest BCUT2D eigenvalue weighted by Crippen LogP contribution is -2.26. The number of carboxylic acids is 1. The maximum absolute atomic E-state index is 11.7. The molecule has 0 saturated carbocycles. The molecule has 2 aromatic rings. The maximum Gasteiger partial charge on any atom is 0.308 e. The van der Waals surface area contributed by atoms with Gasteiger partial charge in [0.2, 0.25) is 11.8 Å². The van der Waals surface area contributed by atoms with Crippen LogP contribution in [-0.4, -0.2) is 38.6 Å². The second kappa shape index (κ2) is 5.65. The van der Waals surface area contributed by atoms with Crippen molar-refractivity contribution in [3.05, 3.63) is 34.1 Å². The topological polar surface area (TPSA) is 96.5 Å². The van der Waals surface area contributed by atoms with Crippen molar-refractivity contribution in [3.8, 4) is 0 Å². The van der Waals surface area contributed by atoms with Gasteiger partial charge in [0.1, 0.15) is 0 Å². The van der Waals surface area contributed by atoms with Crippen LogP contribution in [-0.2, 0) is 22.6 Å². The van der Waals surface area contributed by atoms with Crippen LogP contribution in [0.25, 0.3) is 0 Å². The lowest BCUT2D eigenvalue weighted by molar-refractivity contribution is -0.141. The van der Waals surface area contributed by atoms with Crippen LogP contribution in [0.3, 0.4) is 0 Å². The average Bonchev–Trinajstić information content (AvgIpc) is 3.14. The average molecular weight is 307 g/mol. The standard InChI is InChI=1S/C13H13N3O4S/c17-12-4-8(13(18)19)6-16(12)7-10-14-11(20-15-10)5-9-2-1-3-21-9/h1-3,8H,4-7H2,(H,18,19). The molecule has 0 bridgehead atoms. The number of carboxylic acid groups (broad SMARTS) is 1. The summed E-state index contributed by atoms with van der Waals surface area (Å²) in [7, 11) is 0. The molecule has 1 amide bonds. The van der Waals surface area contributed by atoms with Crippen LogP contribution in [0.1, 0.15) is 23.0 Å². The summed E-state index contributed by atoms with van der Waals surface area (Å²) in [6.45, 7) is 0.388. The van der Waals surface area contributed by atoms with Crippen molar-refractivity contribution in [1.82, 2.24) is 15.0 Å². The normalized spacial score (nSPS) is 18.4. The van der Waals surface area contributed by atoms with E-state index in [0.717, 1.165) is 4.88 Å². The van der Waals surface area contributed by atoms with Crippen molar-refractivity contribution in [2.75, 3.05) is 6.54 Å². The molecular formula is C13H13N3O4S. The summed E-state index contributed by atoms with van der Waals surface area (Å²) >= 11 is 1.61. The van der Waals surface area contributed by atoms with Crippen LogP contribution >= 0.6 is 11.3 Å². The van der Waals surface area contributed by atoms with Gasteiger partial charge in [-0.3, -0.25) is 9.59 Å². The summed E-state index contributed by atoms with van der Waals surface area (Å²) in [4.78, 5) is 29.5. The highest BCUT2D eigenvalue weighted by Crippen LogP contribution is 2.20. The van der Waals surface area contributed by atoms with Gasteiger partial charge in [0, 0.05) is 17.8 Å².